The monoisotopic (exact) mass is 316 g/mol. The van der Waals surface area contributed by atoms with Crippen molar-refractivity contribution in [1.29, 1.82) is 0 Å². The fraction of sp³-hybridized carbons (Fsp3) is 0.714. The summed E-state index contributed by atoms with van der Waals surface area (Å²) in [6.45, 7) is 6.19. The zero-order chi connectivity index (χ0) is 14.6. The van der Waals surface area contributed by atoms with Gasteiger partial charge in [0.15, 0.2) is 0 Å². The van der Waals surface area contributed by atoms with Crippen molar-refractivity contribution >= 4 is 21.4 Å². The topological polar surface area (TPSA) is 58.2 Å². The third kappa shape index (κ3) is 3.81. The van der Waals surface area contributed by atoms with Crippen LogP contribution in [0.3, 0.4) is 0 Å². The van der Waals surface area contributed by atoms with Crippen LogP contribution in [-0.4, -0.2) is 21.5 Å². The minimum absolute atomic E-state index is 0.130. The molecule has 4 nitrogen and oxygen atoms in total. The second-order valence-electron chi connectivity index (χ2n) is 5.83. The molecule has 0 aliphatic heterocycles. The number of sulfonamides is 1. The Bertz CT molecular complexity index is 531. The van der Waals surface area contributed by atoms with E-state index in [-0.39, 0.29) is 5.41 Å². The lowest BCUT2D eigenvalue weighted by Gasteiger charge is -2.23. The van der Waals surface area contributed by atoms with E-state index in [0.717, 1.165) is 24.3 Å². The molecule has 1 aromatic rings. The van der Waals surface area contributed by atoms with Gasteiger partial charge >= 0.3 is 0 Å². The van der Waals surface area contributed by atoms with Gasteiger partial charge in [-0.05, 0) is 36.2 Å². The lowest BCUT2D eigenvalue weighted by atomic mass is 9.89. The van der Waals surface area contributed by atoms with Gasteiger partial charge in [0.05, 0.1) is 4.90 Å². The largest absolute Gasteiger partial charge is 0.312 e. The first-order valence-electron chi connectivity index (χ1n) is 7.24. The fourth-order valence-electron chi connectivity index (χ4n) is 2.69. The quantitative estimate of drug-likeness (QED) is 0.813. The molecule has 0 atom stereocenters. The molecule has 1 aromatic heterocycles. The minimum Gasteiger partial charge on any atom is -0.312 e. The molecule has 0 bridgehead atoms. The lowest BCUT2D eigenvalue weighted by Crippen LogP contribution is -2.34. The SMILES string of the molecule is CCNCc1sccc1S(=O)(=O)NCC1(C)CCCC1. The molecule has 1 aliphatic rings. The molecule has 20 heavy (non-hydrogen) atoms. The summed E-state index contributed by atoms with van der Waals surface area (Å²) in [7, 11) is -3.38. The van der Waals surface area contributed by atoms with Crippen LogP contribution in [0.5, 0.6) is 0 Å². The number of nitrogens with one attached hydrogen (secondary N) is 2. The van der Waals surface area contributed by atoms with E-state index >= 15 is 0 Å². The second-order valence-corrected chi connectivity index (χ2v) is 8.57. The molecular weight excluding hydrogens is 292 g/mol. The van der Waals surface area contributed by atoms with Crippen molar-refractivity contribution in [3.05, 3.63) is 16.3 Å². The molecule has 0 amide bonds. The molecule has 114 valence electrons. The molecule has 6 heteroatoms. The molecule has 2 rings (SSSR count). The van der Waals surface area contributed by atoms with Crippen LogP contribution < -0.4 is 10.0 Å². The van der Waals surface area contributed by atoms with Gasteiger partial charge in [0.25, 0.3) is 0 Å². The molecule has 0 unspecified atom stereocenters. The fourth-order valence-corrected chi connectivity index (χ4v) is 5.30. The van der Waals surface area contributed by atoms with Crippen molar-refractivity contribution in [2.75, 3.05) is 13.1 Å². The van der Waals surface area contributed by atoms with Crippen LogP contribution in [0.15, 0.2) is 16.3 Å². The van der Waals surface area contributed by atoms with E-state index in [1.54, 1.807) is 6.07 Å². The summed E-state index contributed by atoms with van der Waals surface area (Å²) in [5.41, 5.74) is 0.130. The van der Waals surface area contributed by atoms with Gasteiger partial charge < -0.3 is 5.32 Å². The summed E-state index contributed by atoms with van der Waals surface area (Å²) >= 11 is 1.49. The summed E-state index contributed by atoms with van der Waals surface area (Å²) < 4.78 is 27.7. The third-order valence-corrected chi connectivity index (χ3v) is 6.57. The Kier molecular flexibility index (Phi) is 5.23. The average Bonchev–Trinajstić information content (AvgIpc) is 3.04. The average molecular weight is 316 g/mol. The first-order chi connectivity index (χ1) is 9.47. The Balaban J connectivity index is 2.04. The lowest BCUT2D eigenvalue weighted by molar-refractivity contribution is 0.336. The summed E-state index contributed by atoms with van der Waals surface area (Å²) in [4.78, 5) is 1.32. The standard InChI is InChI=1S/C14H24N2O2S2/c1-3-15-10-12-13(6-9-19-12)20(17,18)16-11-14(2)7-4-5-8-14/h6,9,15-16H,3-5,7-8,10-11H2,1-2H3. The smallest absolute Gasteiger partial charge is 0.241 e. The highest BCUT2D eigenvalue weighted by Crippen LogP contribution is 2.37. The van der Waals surface area contributed by atoms with E-state index in [1.165, 1.54) is 24.2 Å². The Hall–Kier alpha value is -0.430. The van der Waals surface area contributed by atoms with Crippen molar-refractivity contribution in [2.24, 2.45) is 5.41 Å². The van der Waals surface area contributed by atoms with Crippen molar-refractivity contribution in [2.45, 2.75) is 51.0 Å². The third-order valence-electron chi connectivity index (χ3n) is 4.03. The minimum atomic E-state index is -3.38. The highest BCUT2D eigenvalue weighted by Gasteiger charge is 2.31. The molecule has 2 N–H and O–H groups in total. The molecule has 1 fully saturated rings. The first-order valence-corrected chi connectivity index (χ1v) is 9.60. The molecule has 0 radical (unpaired) electrons. The van der Waals surface area contributed by atoms with Gasteiger partial charge in [0.1, 0.15) is 0 Å². The van der Waals surface area contributed by atoms with E-state index in [1.807, 2.05) is 12.3 Å². The van der Waals surface area contributed by atoms with Crippen molar-refractivity contribution in [3.8, 4) is 0 Å². The van der Waals surface area contributed by atoms with Crippen LogP contribution in [0.1, 0.15) is 44.4 Å². The summed E-state index contributed by atoms with van der Waals surface area (Å²) in [6, 6.07) is 1.71. The van der Waals surface area contributed by atoms with Crippen molar-refractivity contribution in [1.82, 2.24) is 10.0 Å². The molecule has 1 saturated carbocycles. The van der Waals surface area contributed by atoms with Crippen LogP contribution >= 0.6 is 11.3 Å². The van der Waals surface area contributed by atoms with Crippen LogP contribution in [0.4, 0.5) is 0 Å². The zero-order valence-electron chi connectivity index (χ0n) is 12.2. The molecule has 0 aromatic carbocycles. The normalized spacial score (nSPS) is 18.5. The van der Waals surface area contributed by atoms with E-state index in [2.05, 4.69) is 17.0 Å². The van der Waals surface area contributed by atoms with E-state index in [9.17, 15) is 8.42 Å². The van der Waals surface area contributed by atoms with Gasteiger partial charge in [-0.1, -0.05) is 26.7 Å². The number of rotatable bonds is 7. The van der Waals surface area contributed by atoms with E-state index in [4.69, 9.17) is 0 Å². The number of hydrogen-bond acceptors (Lipinski definition) is 4. The Labute approximate surface area is 126 Å². The maximum Gasteiger partial charge on any atom is 0.241 e. The van der Waals surface area contributed by atoms with Crippen LogP contribution in [0.25, 0.3) is 0 Å². The Morgan fingerprint density at radius 3 is 2.70 bits per heavy atom. The maximum atomic E-state index is 12.4. The van der Waals surface area contributed by atoms with Crippen molar-refractivity contribution < 1.29 is 8.42 Å². The summed E-state index contributed by atoms with van der Waals surface area (Å²) in [5.74, 6) is 0. The van der Waals surface area contributed by atoms with Crippen LogP contribution in [0, 0.1) is 5.41 Å². The highest BCUT2D eigenvalue weighted by molar-refractivity contribution is 7.89. The van der Waals surface area contributed by atoms with Crippen molar-refractivity contribution in [3.63, 3.8) is 0 Å². The van der Waals surface area contributed by atoms with E-state index < -0.39 is 10.0 Å². The van der Waals surface area contributed by atoms with Crippen LogP contribution in [-0.2, 0) is 16.6 Å². The molecule has 1 aliphatic carbocycles. The highest BCUT2D eigenvalue weighted by atomic mass is 32.2. The van der Waals surface area contributed by atoms with Gasteiger partial charge in [0.2, 0.25) is 10.0 Å². The Morgan fingerprint density at radius 2 is 2.05 bits per heavy atom. The zero-order valence-corrected chi connectivity index (χ0v) is 13.9. The molecule has 1 heterocycles. The second kappa shape index (κ2) is 6.56. The molecule has 0 spiro atoms. The number of thiophene rings is 1. The van der Waals surface area contributed by atoms with Crippen LogP contribution in [0.2, 0.25) is 0 Å². The van der Waals surface area contributed by atoms with Gasteiger partial charge in [-0.2, -0.15) is 0 Å². The van der Waals surface area contributed by atoms with Gasteiger partial charge in [-0.25, -0.2) is 13.1 Å². The first kappa shape index (κ1) is 15.9. The van der Waals surface area contributed by atoms with Gasteiger partial charge in [-0.15, -0.1) is 11.3 Å². The number of hydrogen-bond donors (Lipinski definition) is 2. The van der Waals surface area contributed by atoms with E-state index in [0.29, 0.717) is 18.0 Å². The molecule has 0 saturated heterocycles. The Morgan fingerprint density at radius 1 is 1.35 bits per heavy atom. The summed E-state index contributed by atoms with van der Waals surface area (Å²) in [6.07, 6.45) is 4.65. The predicted molar refractivity (Wildman–Crippen MR) is 83.5 cm³/mol. The van der Waals surface area contributed by atoms with Gasteiger partial charge in [-0.3, -0.25) is 0 Å². The molecular formula is C14H24N2O2S2. The van der Waals surface area contributed by atoms with Gasteiger partial charge in [0, 0.05) is 18.0 Å². The maximum absolute atomic E-state index is 12.4. The predicted octanol–water partition coefficient (Wildman–Crippen LogP) is 2.72. The summed E-state index contributed by atoms with van der Waals surface area (Å²) in [5, 5.41) is 5.03.